The summed E-state index contributed by atoms with van der Waals surface area (Å²) in [4.78, 5) is 51.2. The second-order valence-electron chi connectivity index (χ2n) is 6.31. The summed E-state index contributed by atoms with van der Waals surface area (Å²) in [6, 6.07) is 11.6. The molecule has 1 aliphatic rings. The van der Waals surface area contributed by atoms with E-state index in [1.165, 1.54) is 11.3 Å². The highest BCUT2D eigenvalue weighted by Crippen LogP contribution is 2.28. The summed E-state index contributed by atoms with van der Waals surface area (Å²) in [5, 5.41) is 2.61. The first-order chi connectivity index (χ1) is 12.8. The molecule has 140 valence electrons. The van der Waals surface area contributed by atoms with Gasteiger partial charge in [-0.1, -0.05) is 30.3 Å². The van der Waals surface area contributed by atoms with Gasteiger partial charge in [-0.3, -0.25) is 19.3 Å². The van der Waals surface area contributed by atoms with Gasteiger partial charge < -0.3 is 10.1 Å². The Labute approximate surface area is 159 Å². The van der Waals surface area contributed by atoms with Crippen molar-refractivity contribution in [2.45, 2.75) is 19.4 Å². The van der Waals surface area contributed by atoms with Crippen molar-refractivity contribution in [1.29, 1.82) is 0 Å². The molecule has 0 radical (unpaired) electrons. The maximum atomic E-state index is 12.7. The second kappa shape index (κ2) is 7.32. The highest BCUT2D eigenvalue weighted by molar-refractivity contribution is 7.14. The van der Waals surface area contributed by atoms with Gasteiger partial charge in [0.15, 0.2) is 6.61 Å². The molecule has 27 heavy (non-hydrogen) atoms. The smallest absolute Gasteiger partial charge is 0.326 e. The molecule has 1 N–H and O–H groups in total. The van der Waals surface area contributed by atoms with Crippen LogP contribution in [0.4, 0.5) is 4.79 Å². The molecular weight excluding hydrogens is 368 g/mol. The van der Waals surface area contributed by atoms with Gasteiger partial charge in [0.05, 0.1) is 4.88 Å². The number of hydrogen-bond acceptors (Lipinski definition) is 6. The molecular formula is C19H18N2O5S. The second-order valence-corrected chi connectivity index (χ2v) is 7.59. The van der Waals surface area contributed by atoms with E-state index in [4.69, 9.17) is 4.74 Å². The molecule has 7 nitrogen and oxygen atoms in total. The van der Waals surface area contributed by atoms with Crippen molar-refractivity contribution in [3.05, 3.63) is 57.8 Å². The minimum Gasteiger partial charge on any atom is -0.456 e. The summed E-state index contributed by atoms with van der Waals surface area (Å²) in [6.07, 6.45) is 0. The van der Waals surface area contributed by atoms with Gasteiger partial charge in [0.25, 0.3) is 5.91 Å². The molecule has 1 aromatic heterocycles. The van der Waals surface area contributed by atoms with E-state index >= 15 is 0 Å². The molecule has 1 saturated heterocycles. The summed E-state index contributed by atoms with van der Waals surface area (Å²) < 4.78 is 4.94. The molecule has 2 aromatic rings. The van der Waals surface area contributed by atoms with Gasteiger partial charge in [-0.05, 0) is 31.5 Å². The molecule has 0 aliphatic carbocycles. The Balaban J connectivity index is 1.62. The van der Waals surface area contributed by atoms with E-state index in [9.17, 15) is 19.2 Å². The summed E-state index contributed by atoms with van der Waals surface area (Å²) in [5.74, 6) is -1.69. The van der Waals surface area contributed by atoms with Crippen LogP contribution in [0.15, 0.2) is 42.5 Å². The standard InChI is InChI=1S/C19H18N2O5S/c1-12-8-9-15(27-12)14(22)11-26-16(23)10-21-17(24)19(2,20-18(21)25)13-6-4-3-5-7-13/h3-9H,10-11H2,1-2H3,(H,20,25)/t19-/m0/s1. The first kappa shape index (κ1) is 18.8. The quantitative estimate of drug-likeness (QED) is 0.467. The molecule has 0 bridgehead atoms. The minimum absolute atomic E-state index is 0.326. The first-order valence-corrected chi connectivity index (χ1v) is 9.08. The number of carbonyl (C=O) groups excluding carboxylic acids is 4. The van der Waals surface area contributed by atoms with E-state index in [0.29, 0.717) is 10.4 Å². The predicted molar refractivity (Wildman–Crippen MR) is 98.4 cm³/mol. The summed E-state index contributed by atoms with van der Waals surface area (Å²) in [6.45, 7) is 2.47. The Morgan fingerprint density at radius 1 is 1.15 bits per heavy atom. The van der Waals surface area contributed by atoms with Crippen LogP contribution in [0.2, 0.25) is 0 Å². The number of hydrogen-bond donors (Lipinski definition) is 1. The van der Waals surface area contributed by atoms with E-state index < -0.39 is 36.6 Å². The lowest BCUT2D eigenvalue weighted by Crippen LogP contribution is -2.41. The number of nitrogens with one attached hydrogen (secondary N) is 1. The third-order valence-electron chi connectivity index (χ3n) is 4.29. The van der Waals surface area contributed by atoms with Crippen molar-refractivity contribution >= 4 is 35.0 Å². The maximum Gasteiger partial charge on any atom is 0.326 e. The van der Waals surface area contributed by atoms with E-state index in [1.807, 2.05) is 6.92 Å². The highest BCUT2D eigenvalue weighted by atomic mass is 32.1. The van der Waals surface area contributed by atoms with Crippen LogP contribution in [0, 0.1) is 6.92 Å². The van der Waals surface area contributed by atoms with Crippen molar-refractivity contribution < 1.29 is 23.9 Å². The zero-order valence-electron chi connectivity index (χ0n) is 14.9. The molecule has 0 saturated carbocycles. The van der Waals surface area contributed by atoms with Crippen molar-refractivity contribution in [3.8, 4) is 0 Å². The van der Waals surface area contributed by atoms with Crippen LogP contribution in [0.3, 0.4) is 0 Å². The molecule has 3 rings (SSSR count). The molecule has 1 aromatic carbocycles. The third kappa shape index (κ3) is 3.75. The highest BCUT2D eigenvalue weighted by Gasteiger charge is 2.49. The number of urea groups is 1. The lowest BCUT2D eigenvalue weighted by molar-refractivity contribution is -0.146. The zero-order valence-corrected chi connectivity index (χ0v) is 15.7. The SMILES string of the molecule is Cc1ccc(C(=O)COC(=O)CN2C(=O)N[C@@](C)(c3ccccc3)C2=O)s1. The normalized spacial score (nSPS) is 19.1. The van der Waals surface area contributed by atoms with E-state index in [1.54, 1.807) is 49.4 Å². The number of carbonyl (C=O) groups is 4. The number of benzene rings is 1. The van der Waals surface area contributed by atoms with Crippen LogP contribution in [-0.4, -0.2) is 41.7 Å². The van der Waals surface area contributed by atoms with Gasteiger partial charge in [-0.2, -0.15) is 0 Å². The fraction of sp³-hybridized carbons (Fsp3) is 0.263. The van der Waals surface area contributed by atoms with Crippen LogP contribution in [-0.2, 0) is 19.9 Å². The van der Waals surface area contributed by atoms with E-state index in [2.05, 4.69) is 5.32 Å². The molecule has 3 amide bonds. The number of thiophene rings is 1. The molecule has 0 spiro atoms. The largest absolute Gasteiger partial charge is 0.456 e. The summed E-state index contributed by atoms with van der Waals surface area (Å²) >= 11 is 1.31. The van der Waals surface area contributed by atoms with Crippen LogP contribution in [0.5, 0.6) is 0 Å². The average Bonchev–Trinajstić information content (AvgIpc) is 3.18. The van der Waals surface area contributed by atoms with Crippen molar-refractivity contribution in [3.63, 3.8) is 0 Å². The Bertz CT molecular complexity index is 908. The molecule has 0 unspecified atom stereocenters. The van der Waals surface area contributed by atoms with Gasteiger partial charge in [0, 0.05) is 4.88 Å². The minimum atomic E-state index is -1.25. The van der Waals surface area contributed by atoms with Crippen molar-refractivity contribution in [2.75, 3.05) is 13.2 Å². The number of ketones is 1. The number of esters is 1. The van der Waals surface area contributed by atoms with E-state index in [-0.39, 0.29) is 5.78 Å². The van der Waals surface area contributed by atoms with Crippen LogP contribution in [0.25, 0.3) is 0 Å². The molecule has 2 heterocycles. The Morgan fingerprint density at radius 3 is 2.48 bits per heavy atom. The zero-order chi connectivity index (χ0) is 19.6. The van der Waals surface area contributed by atoms with Gasteiger partial charge in [-0.25, -0.2) is 4.79 Å². The topological polar surface area (TPSA) is 92.8 Å². The van der Waals surface area contributed by atoms with Crippen molar-refractivity contribution in [1.82, 2.24) is 10.2 Å². The number of ether oxygens (including phenoxy) is 1. The summed E-state index contributed by atoms with van der Waals surface area (Å²) in [5.41, 5.74) is -0.634. The van der Waals surface area contributed by atoms with Gasteiger partial charge in [0.1, 0.15) is 12.1 Å². The fourth-order valence-corrected chi connectivity index (χ4v) is 3.58. The Morgan fingerprint density at radius 2 is 1.85 bits per heavy atom. The molecule has 1 atom stereocenters. The summed E-state index contributed by atoms with van der Waals surface area (Å²) in [7, 11) is 0. The molecule has 8 heteroatoms. The first-order valence-electron chi connectivity index (χ1n) is 8.26. The number of imide groups is 1. The maximum absolute atomic E-state index is 12.7. The van der Waals surface area contributed by atoms with E-state index in [0.717, 1.165) is 9.78 Å². The predicted octanol–water partition coefficient (Wildman–Crippen LogP) is 2.25. The molecule has 1 aliphatic heterocycles. The number of rotatable bonds is 6. The lowest BCUT2D eigenvalue weighted by Gasteiger charge is -2.21. The number of aryl methyl sites for hydroxylation is 1. The van der Waals surface area contributed by atoms with Crippen LogP contribution < -0.4 is 5.32 Å². The van der Waals surface area contributed by atoms with Gasteiger partial charge in [-0.15, -0.1) is 11.3 Å². The van der Waals surface area contributed by atoms with Crippen molar-refractivity contribution in [2.24, 2.45) is 0 Å². The van der Waals surface area contributed by atoms with Gasteiger partial charge in [0.2, 0.25) is 5.78 Å². The Kier molecular flexibility index (Phi) is 5.09. The number of Topliss-reactive ketones (excluding diaryl/α,β-unsaturated/α-hetero) is 1. The van der Waals surface area contributed by atoms with Crippen LogP contribution >= 0.6 is 11.3 Å². The third-order valence-corrected chi connectivity index (χ3v) is 5.33. The lowest BCUT2D eigenvalue weighted by atomic mass is 9.92. The van der Waals surface area contributed by atoms with Crippen LogP contribution in [0.1, 0.15) is 27.0 Å². The molecule has 1 fully saturated rings. The number of nitrogens with zero attached hydrogens (tertiary/aromatic N) is 1. The average molecular weight is 386 g/mol. The number of amides is 3. The fourth-order valence-electron chi connectivity index (χ4n) is 2.78. The Hall–Kier alpha value is -3.00. The van der Waals surface area contributed by atoms with Gasteiger partial charge >= 0.3 is 12.0 Å². The monoisotopic (exact) mass is 386 g/mol.